The van der Waals surface area contributed by atoms with E-state index in [-0.39, 0.29) is 11.9 Å². The quantitative estimate of drug-likeness (QED) is 0.823. The first kappa shape index (κ1) is 11.7. The number of aromatic amines is 1. The number of hydrogen-bond donors (Lipinski definition) is 2. The van der Waals surface area contributed by atoms with Gasteiger partial charge in [-0.1, -0.05) is 6.92 Å². The fourth-order valence-electron chi connectivity index (χ4n) is 1.95. The Bertz CT molecular complexity index is 390. The van der Waals surface area contributed by atoms with Gasteiger partial charge in [0.2, 0.25) is 0 Å². The van der Waals surface area contributed by atoms with Gasteiger partial charge >= 0.3 is 0 Å². The molecule has 0 aliphatic carbocycles. The van der Waals surface area contributed by atoms with Gasteiger partial charge in [-0.05, 0) is 34.3 Å². The maximum Gasteiger partial charge on any atom is 0.270 e. The number of piperidine rings is 1. The van der Waals surface area contributed by atoms with Gasteiger partial charge in [-0.3, -0.25) is 4.79 Å². The molecule has 1 aromatic rings. The van der Waals surface area contributed by atoms with Crippen molar-refractivity contribution < 1.29 is 4.79 Å². The predicted molar refractivity (Wildman–Crippen MR) is 66.2 cm³/mol. The molecule has 1 aliphatic heterocycles. The predicted octanol–water partition coefficient (Wildman–Crippen LogP) is 1.59. The number of nitrogens with one attached hydrogen (secondary N) is 1. The van der Waals surface area contributed by atoms with Crippen molar-refractivity contribution in [1.82, 2.24) is 9.88 Å². The third-order valence-electron chi connectivity index (χ3n) is 3.18. The Kier molecular flexibility index (Phi) is 3.35. The summed E-state index contributed by atoms with van der Waals surface area (Å²) in [6.07, 6.45) is 2.74. The normalized spacial score (nSPS) is 25.8. The van der Waals surface area contributed by atoms with Crippen molar-refractivity contribution in [2.45, 2.75) is 19.4 Å². The molecule has 2 rings (SSSR count). The summed E-state index contributed by atoms with van der Waals surface area (Å²) >= 11 is 3.32. The second-order valence-electron chi connectivity index (χ2n) is 4.41. The number of H-pyrrole nitrogens is 1. The third kappa shape index (κ3) is 2.30. The molecule has 2 atom stereocenters. The molecule has 0 spiro atoms. The van der Waals surface area contributed by atoms with E-state index in [9.17, 15) is 4.79 Å². The third-order valence-corrected chi connectivity index (χ3v) is 3.64. The molecule has 5 heteroatoms. The van der Waals surface area contributed by atoms with Gasteiger partial charge in [-0.25, -0.2) is 0 Å². The number of nitrogens with two attached hydrogens (primary N) is 1. The highest BCUT2D eigenvalue weighted by atomic mass is 79.9. The lowest BCUT2D eigenvalue weighted by Crippen LogP contribution is -2.49. The Hall–Kier alpha value is -0.810. The Balaban J connectivity index is 2.06. The molecule has 1 aliphatic rings. The van der Waals surface area contributed by atoms with Crippen LogP contribution in [0, 0.1) is 5.92 Å². The van der Waals surface area contributed by atoms with Crippen molar-refractivity contribution in [2.24, 2.45) is 11.7 Å². The van der Waals surface area contributed by atoms with E-state index in [0.717, 1.165) is 17.4 Å². The molecule has 0 aromatic carbocycles. The number of carbonyl (C=O) groups is 1. The Morgan fingerprint density at radius 2 is 2.44 bits per heavy atom. The summed E-state index contributed by atoms with van der Waals surface area (Å²) < 4.78 is 0.894. The van der Waals surface area contributed by atoms with Crippen LogP contribution in [-0.2, 0) is 0 Å². The van der Waals surface area contributed by atoms with E-state index in [1.54, 1.807) is 12.3 Å². The van der Waals surface area contributed by atoms with Crippen molar-refractivity contribution in [1.29, 1.82) is 0 Å². The van der Waals surface area contributed by atoms with E-state index in [4.69, 9.17) is 5.73 Å². The average Bonchev–Trinajstić information content (AvgIpc) is 2.68. The van der Waals surface area contributed by atoms with Crippen LogP contribution in [0.15, 0.2) is 16.7 Å². The molecule has 1 saturated heterocycles. The highest BCUT2D eigenvalue weighted by Gasteiger charge is 2.27. The number of hydrogen-bond acceptors (Lipinski definition) is 2. The largest absolute Gasteiger partial charge is 0.356 e. The molecule has 16 heavy (non-hydrogen) atoms. The van der Waals surface area contributed by atoms with Crippen molar-refractivity contribution in [3.63, 3.8) is 0 Å². The molecule has 0 radical (unpaired) electrons. The first-order valence-electron chi connectivity index (χ1n) is 5.46. The summed E-state index contributed by atoms with van der Waals surface area (Å²) in [6.45, 7) is 3.58. The van der Waals surface area contributed by atoms with E-state index in [1.807, 2.05) is 4.90 Å². The summed E-state index contributed by atoms with van der Waals surface area (Å²) in [6, 6.07) is 1.89. The molecule has 0 bridgehead atoms. The van der Waals surface area contributed by atoms with Gasteiger partial charge in [0.05, 0.1) is 0 Å². The molecule has 1 aromatic heterocycles. The van der Waals surface area contributed by atoms with Crippen LogP contribution in [0.25, 0.3) is 0 Å². The Morgan fingerprint density at radius 3 is 3.00 bits per heavy atom. The van der Waals surface area contributed by atoms with Crippen LogP contribution >= 0.6 is 15.9 Å². The van der Waals surface area contributed by atoms with Crippen LogP contribution in [0.1, 0.15) is 23.8 Å². The lowest BCUT2D eigenvalue weighted by atomic mass is 9.94. The van der Waals surface area contributed by atoms with Crippen LogP contribution in [0.4, 0.5) is 0 Å². The van der Waals surface area contributed by atoms with Gasteiger partial charge in [0, 0.05) is 29.8 Å². The number of nitrogens with zero attached hydrogens (tertiary/aromatic N) is 1. The molecular weight excluding hydrogens is 270 g/mol. The zero-order valence-electron chi connectivity index (χ0n) is 9.24. The maximum atomic E-state index is 12.1. The van der Waals surface area contributed by atoms with Gasteiger partial charge in [0.1, 0.15) is 5.69 Å². The molecule has 0 saturated carbocycles. The minimum atomic E-state index is 0.0352. The van der Waals surface area contributed by atoms with E-state index in [0.29, 0.717) is 18.2 Å². The molecule has 88 valence electrons. The van der Waals surface area contributed by atoms with Crippen LogP contribution in [0.5, 0.6) is 0 Å². The topological polar surface area (TPSA) is 62.1 Å². The van der Waals surface area contributed by atoms with Crippen LogP contribution < -0.4 is 5.73 Å². The minimum absolute atomic E-state index is 0.0352. The number of halogens is 1. The molecule has 1 fully saturated rings. The van der Waals surface area contributed by atoms with Gasteiger partial charge in [-0.15, -0.1) is 0 Å². The fourth-order valence-corrected chi connectivity index (χ4v) is 2.29. The smallest absolute Gasteiger partial charge is 0.270 e. The highest BCUT2D eigenvalue weighted by molar-refractivity contribution is 9.10. The van der Waals surface area contributed by atoms with Gasteiger partial charge < -0.3 is 15.6 Å². The highest BCUT2D eigenvalue weighted by Crippen LogP contribution is 2.18. The molecule has 2 heterocycles. The van der Waals surface area contributed by atoms with Crippen molar-refractivity contribution in [2.75, 3.05) is 13.1 Å². The molecular formula is C11H16BrN3O. The summed E-state index contributed by atoms with van der Waals surface area (Å²) in [7, 11) is 0. The Morgan fingerprint density at radius 1 is 1.69 bits per heavy atom. The Labute approximate surface area is 103 Å². The number of amides is 1. The summed E-state index contributed by atoms with van der Waals surface area (Å²) in [5.74, 6) is 0.535. The maximum absolute atomic E-state index is 12.1. The van der Waals surface area contributed by atoms with E-state index in [2.05, 4.69) is 27.8 Å². The molecule has 2 unspecified atom stereocenters. The summed E-state index contributed by atoms with van der Waals surface area (Å²) in [4.78, 5) is 16.9. The lowest BCUT2D eigenvalue weighted by molar-refractivity contribution is 0.0667. The van der Waals surface area contributed by atoms with Crippen LogP contribution in [-0.4, -0.2) is 34.9 Å². The van der Waals surface area contributed by atoms with E-state index >= 15 is 0 Å². The standard InChI is InChI=1S/C11H16BrN3O/c1-7-2-3-15(6-9(7)13)11(16)10-4-8(12)5-14-10/h4-5,7,9,14H,2-3,6,13H2,1H3. The van der Waals surface area contributed by atoms with Crippen molar-refractivity contribution >= 4 is 21.8 Å². The number of rotatable bonds is 1. The second-order valence-corrected chi connectivity index (χ2v) is 5.33. The first-order chi connectivity index (χ1) is 7.58. The summed E-state index contributed by atoms with van der Waals surface area (Å²) in [5, 5.41) is 0. The SMILES string of the molecule is CC1CCN(C(=O)c2cc(Br)c[nH]2)CC1N. The minimum Gasteiger partial charge on any atom is -0.356 e. The van der Waals surface area contributed by atoms with Crippen LogP contribution in [0.2, 0.25) is 0 Å². The second kappa shape index (κ2) is 4.59. The van der Waals surface area contributed by atoms with Gasteiger partial charge in [-0.2, -0.15) is 0 Å². The number of carbonyl (C=O) groups excluding carboxylic acids is 1. The molecule has 4 nitrogen and oxygen atoms in total. The van der Waals surface area contributed by atoms with Gasteiger partial charge in [0.25, 0.3) is 5.91 Å². The van der Waals surface area contributed by atoms with E-state index < -0.39 is 0 Å². The average molecular weight is 286 g/mol. The van der Waals surface area contributed by atoms with Crippen molar-refractivity contribution in [3.05, 3.63) is 22.4 Å². The van der Waals surface area contributed by atoms with Gasteiger partial charge in [0.15, 0.2) is 0 Å². The first-order valence-corrected chi connectivity index (χ1v) is 6.26. The monoisotopic (exact) mass is 285 g/mol. The molecule has 3 N–H and O–H groups in total. The number of likely N-dealkylation sites (tertiary alicyclic amines) is 1. The van der Waals surface area contributed by atoms with Crippen LogP contribution in [0.3, 0.4) is 0 Å². The fraction of sp³-hybridized carbons (Fsp3) is 0.545. The summed E-state index contributed by atoms with van der Waals surface area (Å²) in [5.41, 5.74) is 6.60. The zero-order valence-corrected chi connectivity index (χ0v) is 10.8. The zero-order chi connectivity index (χ0) is 11.7. The number of aromatic nitrogens is 1. The van der Waals surface area contributed by atoms with E-state index in [1.165, 1.54) is 0 Å². The molecule has 1 amide bonds. The lowest BCUT2D eigenvalue weighted by Gasteiger charge is -2.34. The van der Waals surface area contributed by atoms with Crippen molar-refractivity contribution in [3.8, 4) is 0 Å².